The molecule has 4 aromatic heterocycles. The van der Waals surface area contributed by atoms with E-state index in [9.17, 15) is 0 Å². The summed E-state index contributed by atoms with van der Waals surface area (Å²) in [4.78, 5) is 9.38. The van der Waals surface area contributed by atoms with Gasteiger partial charge in [-0.3, -0.25) is 14.1 Å². The fourth-order valence-electron chi connectivity index (χ4n) is 3.22. The average Bonchev–Trinajstić information content (AvgIpc) is 3.26. The third-order valence-corrected chi connectivity index (χ3v) is 5.25. The molecule has 0 aliphatic carbocycles. The molecule has 132 valence electrons. The molecule has 0 N–H and O–H groups in total. The molecular weight excluding hydrogens is 381 g/mol. The minimum Gasteiger partial charge on any atom is -0.289 e. The predicted molar refractivity (Wildman–Crippen MR) is 108 cm³/mol. The summed E-state index contributed by atoms with van der Waals surface area (Å²) in [5.74, 6) is 0. The van der Waals surface area contributed by atoms with E-state index in [1.54, 1.807) is 4.68 Å². The standard InChI is InChI=1S/C20H13Cl2N5/c1-26-11-13(10-24-26)12-8-15-17(23-9-12)6-7-27-19(22)18(25-20(15)27)14-4-2-3-5-16(14)21/h2-11H,1H3. The van der Waals surface area contributed by atoms with Crippen LogP contribution in [0, 0.1) is 0 Å². The van der Waals surface area contributed by atoms with Crippen molar-refractivity contribution in [3.8, 4) is 22.4 Å². The third-order valence-electron chi connectivity index (χ3n) is 4.56. The summed E-state index contributed by atoms with van der Waals surface area (Å²) in [6, 6.07) is 11.5. The van der Waals surface area contributed by atoms with Crippen LogP contribution in [0.3, 0.4) is 0 Å². The van der Waals surface area contributed by atoms with Crippen LogP contribution >= 0.6 is 23.2 Å². The molecule has 0 aliphatic rings. The maximum absolute atomic E-state index is 6.63. The Morgan fingerprint density at radius 1 is 1.00 bits per heavy atom. The van der Waals surface area contributed by atoms with Crippen molar-refractivity contribution in [1.82, 2.24) is 24.1 Å². The number of rotatable bonds is 2. The molecule has 0 bridgehead atoms. The molecule has 0 amide bonds. The molecule has 0 spiro atoms. The van der Waals surface area contributed by atoms with Crippen LogP contribution in [0.4, 0.5) is 0 Å². The van der Waals surface area contributed by atoms with E-state index in [0.717, 1.165) is 33.2 Å². The minimum atomic E-state index is 0.520. The molecule has 0 radical (unpaired) electrons. The predicted octanol–water partition coefficient (Wildman–Crippen LogP) is 5.26. The smallest absolute Gasteiger partial charge is 0.148 e. The molecule has 0 atom stereocenters. The first-order chi connectivity index (χ1) is 13.1. The highest BCUT2D eigenvalue weighted by molar-refractivity contribution is 6.36. The quantitative estimate of drug-likeness (QED) is 0.411. The number of aryl methyl sites for hydroxylation is 1. The van der Waals surface area contributed by atoms with E-state index in [2.05, 4.69) is 16.1 Å². The summed E-state index contributed by atoms with van der Waals surface area (Å²) in [5, 5.41) is 6.28. The summed E-state index contributed by atoms with van der Waals surface area (Å²) < 4.78 is 3.62. The largest absolute Gasteiger partial charge is 0.289 e. The fourth-order valence-corrected chi connectivity index (χ4v) is 3.73. The second-order valence-corrected chi connectivity index (χ2v) is 7.07. The summed E-state index contributed by atoms with van der Waals surface area (Å²) in [6.45, 7) is 0. The summed E-state index contributed by atoms with van der Waals surface area (Å²) in [5.41, 5.74) is 5.02. The van der Waals surface area contributed by atoms with Crippen molar-refractivity contribution in [2.45, 2.75) is 0 Å². The lowest BCUT2D eigenvalue weighted by Crippen LogP contribution is -1.89. The Labute approximate surface area is 164 Å². The second-order valence-electron chi connectivity index (χ2n) is 6.30. The number of nitrogens with zero attached hydrogens (tertiary/aromatic N) is 5. The van der Waals surface area contributed by atoms with Gasteiger partial charge in [0.1, 0.15) is 16.5 Å². The molecule has 0 unspecified atom stereocenters. The maximum atomic E-state index is 6.63. The van der Waals surface area contributed by atoms with E-state index in [1.807, 2.05) is 66.6 Å². The molecule has 7 heteroatoms. The monoisotopic (exact) mass is 393 g/mol. The average molecular weight is 394 g/mol. The molecule has 1 aromatic carbocycles. The van der Waals surface area contributed by atoms with E-state index in [4.69, 9.17) is 28.2 Å². The normalized spacial score (nSPS) is 11.5. The van der Waals surface area contributed by atoms with Gasteiger partial charge >= 0.3 is 0 Å². The number of aromatic nitrogens is 5. The van der Waals surface area contributed by atoms with Gasteiger partial charge in [0.15, 0.2) is 0 Å². The van der Waals surface area contributed by atoms with Gasteiger partial charge in [0, 0.05) is 47.7 Å². The highest BCUT2D eigenvalue weighted by atomic mass is 35.5. The summed E-state index contributed by atoms with van der Waals surface area (Å²) in [7, 11) is 1.89. The first-order valence-corrected chi connectivity index (χ1v) is 9.07. The van der Waals surface area contributed by atoms with E-state index in [0.29, 0.717) is 15.9 Å². The number of hydrogen-bond donors (Lipinski definition) is 0. The van der Waals surface area contributed by atoms with Gasteiger partial charge in [0.05, 0.1) is 16.7 Å². The zero-order chi connectivity index (χ0) is 18.5. The van der Waals surface area contributed by atoms with Crippen molar-refractivity contribution in [2.24, 2.45) is 7.05 Å². The molecule has 0 saturated carbocycles. The van der Waals surface area contributed by atoms with Crippen LogP contribution in [0.1, 0.15) is 0 Å². The van der Waals surface area contributed by atoms with Crippen LogP contribution in [-0.2, 0) is 7.05 Å². The second kappa shape index (κ2) is 6.08. The zero-order valence-electron chi connectivity index (χ0n) is 14.3. The van der Waals surface area contributed by atoms with Gasteiger partial charge < -0.3 is 0 Å². The van der Waals surface area contributed by atoms with Gasteiger partial charge in [-0.25, -0.2) is 4.98 Å². The number of fused-ring (bicyclic) bond motifs is 3. The lowest BCUT2D eigenvalue weighted by Gasteiger charge is -2.03. The number of halogens is 2. The van der Waals surface area contributed by atoms with Gasteiger partial charge in [0.2, 0.25) is 0 Å². The Hall–Kier alpha value is -2.89. The Morgan fingerprint density at radius 2 is 1.85 bits per heavy atom. The first kappa shape index (κ1) is 16.3. The van der Waals surface area contributed by atoms with Crippen molar-refractivity contribution < 1.29 is 0 Å². The highest BCUT2D eigenvalue weighted by Crippen LogP contribution is 2.35. The van der Waals surface area contributed by atoms with Crippen molar-refractivity contribution in [1.29, 1.82) is 0 Å². The Kier molecular flexibility index (Phi) is 3.67. The molecule has 0 aliphatic heterocycles. The Bertz CT molecular complexity index is 1320. The van der Waals surface area contributed by atoms with Crippen molar-refractivity contribution >= 4 is 39.8 Å². The summed E-state index contributed by atoms with van der Waals surface area (Å²) in [6.07, 6.45) is 7.49. The summed E-state index contributed by atoms with van der Waals surface area (Å²) >= 11 is 13.0. The fraction of sp³-hybridized carbons (Fsp3) is 0.0500. The maximum Gasteiger partial charge on any atom is 0.148 e. The molecular formula is C20H13Cl2N5. The molecule has 27 heavy (non-hydrogen) atoms. The Morgan fingerprint density at radius 3 is 2.63 bits per heavy atom. The minimum absolute atomic E-state index is 0.520. The lowest BCUT2D eigenvalue weighted by molar-refractivity contribution is 0.768. The first-order valence-electron chi connectivity index (χ1n) is 8.32. The number of hydrogen-bond acceptors (Lipinski definition) is 3. The van der Waals surface area contributed by atoms with Crippen LogP contribution in [0.5, 0.6) is 0 Å². The molecule has 5 nitrogen and oxygen atoms in total. The molecule has 0 saturated heterocycles. The SMILES string of the molecule is Cn1cc(-c2cnc3ccn4c(Cl)c(-c5ccccc5Cl)nc4c3c2)cn1. The number of pyridine rings is 2. The van der Waals surface area contributed by atoms with E-state index in [1.165, 1.54) is 0 Å². The molecule has 4 heterocycles. The van der Waals surface area contributed by atoms with Gasteiger partial charge in [-0.1, -0.05) is 41.4 Å². The zero-order valence-corrected chi connectivity index (χ0v) is 15.8. The lowest BCUT2D eigenvalue weighted by atomic mass is 10.1. The molecule has 5 rings (SSSR count). The van der Waals surface area contributed by atoms with Crippen LogP contribution in [-0.4, -0.2) is 24.1 Å². The Balaban J connectivity index is 1.79. The van der Waals surface area contributed by atoms with Crippen LogP contribution in [0.15, 0.2) is 61.2 Å². The molecule has 0 fully saturated rings. The van der Waals surface area contributed by atoms with Crippen molar-refractivity contribution in [3.05, 3.63) is 71.4 Å². The molecule has 5 aromatic rings. The van der Waals surface area contributed by atoms with Gasteiger partial charge in [-0.05, 0) is 18.2 Å². The van der Waals surface area contributed by atoms with Crippen molar-refractivity contribution in [3.63, 3.8) is 0 Å². The van der Waals surface area contributed by atoms with Gasteiger partial charge in [-0.15, -0.1) is 0 Å². The van der Waals surface area contributed by atoms with Gasteiger partial charge in [0.25, 0.3) is 0 Å². The highest BCUT2D eigenvalue weighted by Gasteiger charge is 2.17. The van der Waals surface area contributed by atoms with Crippen LogP contribution < -0.4 is 0 Å². The van der Waals surface area contributed by atoms with E-state index in [-0.39, 0.29) is 0 Å². The van der Waals surface area contributed by atoms with Crippen molar-refractivity contribution in [2.75, 3.05) is 0 Å². The van der Waals surface area contributed by atoms with Gasteiger partial charge in [-0.2, -0.15) is 5.10 Å². The number of imidazole rings is 1. The van der Waals surface area contributed by atoms with E-state index < -0.39 is 0 Å². The number of benzene rings is 1. The topological polar surface area (TPSA) is 48.0 Å². The van der Waals surface area contributed by atoms with Crippen LogP contribution in [0.2, 0.25) is 10.2 Å². The van der Waals surface area contributed by atoms with E-state index >= 15 is 0 Å². The third kappa shape index (κ3) is 2.59. The van der Waals surface area contributed by atoms with Crippen LogP contribution in [0.25, 0.3) is 38.9 Å².